The third-order valence-corrected chi connectivity index (χ3v) is 3.85. The zero-order valence-electron chi connectivity index (χ0n) is 10.0. The molecule has 0 radical (unpaired) electrons. The van der Waals surface area contributed by atoms with Crippen LogP contribution in [0.3, 0.4) is 0 Å². The van der Waals surface area contributed by atoms with Gasteiger partial charge in [-0.2, -0.15) is 0 Å². The van der Waals surface area contributed by atoms with Gasteiger partial charge in [-0.15, -0.1) is 0 Å². The number of carbonyl (C=O) groups is 1. The summed E-state index contributed by atoms with van der Waals surface area (Å²) in [6, 6.07) is 2.83. The normalized spacial score (nSPS) is 17.0. The van der Waals surface area contributed by atoms with Crippen LogP contribution in [0.1, 0.15) is 28.8 Å². The lowest BCUT2D eigenvalue weighted by Crippen LogP contribution is -2.39. The molecule has 0 N–H and O–H groups in total. The molecule has 1 aromatic rings. The number of hydrogen-bond donors (Lipinski definition) is 0. The molecular weight excluding hydrogens is 304 g/mol. The Morgan fingerprint density at radius 3 is 2.61 bits per heavy atom. The van der Waals surface area contributed by atoms with Crippen molar-refractivity contribution < 1.29 is 13.6 Å². The largest absolute Gasteiger partial charge is 0.338 e. The number of benzene rings is 1. The lowest BCUT2D eigenvalue weighted by molar-refractivity contribution is 0.0666. The summed E-state index contributed by atoms with van der Waals surface area (Å²) < 4.78 is 26.8. The number of nitrogens with zero attached hydrogens (tertiary/aromatic N) is 1. The molecule has 0 spiro atoms. The van der Waals surface area contributed by atoms with Crippen LogP contribution in [0.25, 0.3) is 0 Å². The van der Waals surface area contributed by atoms with E-state index >= 15 is 0 Å². The van der Waals surface area contributed by atoms with Crippen molar-refractivity contribution >= 4 is 21.8 Å². The Hall–Kier alpha value is -0.970. The molecule has 5 heteroatoms. The molecule has 0 aromatic heterocycles. The van der Waals surface area contributed by atoms with Crippen LogP contribution in [0, 0.1) is 12.7 Å². The van der Waals surface area contributed by atoms with Crippen LogP contribution >= 0.6 is 15.9 Å². The van der Waals surface area contributed by atoms with Crippen LogP contribution in [-0.2, 0) is 0 Å². The SMILES string of the molecule is Cc1cc(C(=O)N2CCC(F)CC2)c(Br)cc1F. The Balaban J connectivity index is 2.21. The van der Waals surface area contributed by atoms with Crippen LogP contribution in [0.4, 0.5) is 8.78 Å². The monoisotopic (exact) mass is 317 g/mol. The van der Waals surface area contributed by atoms with Crippen molar-refractivity contribution in [3.8, 4) is 0 Å². The topological polar surface area (TPSA) is 20.3 Å². The number of hydrogen-bond acceptors (Lipinski definition) is 1. The van der Waals surface area contributed by atoms with Crippen molar-refractivity contribution in [3.05, 3.63) is 33.5 Å². The second-order valence-electron chi connectivity index (χ2n) is 4.55. The molecule has 0 atom stereocenters. The van der Waals surface area contributed by atoms with Gasteiger partial charge in [0, 0.05) is 17.6 Å². The van der Waals surface area contributed by atoms with Crippen LogP contribution in [0.2, 0.25) is 0 Å². The van der Waals surface area contributed by atoms with Crippen LogP contribution in [0.15, 0.2) is 16.6 Å². The van der Waals surface area contributed by atoms with Crippen molar-refractivity contribution in [2.24, 2.45) is 0 Å². The van der Waals surface area contributed by atoms with E-state index in [-0.39, 0.29) is 11.7 Å². The van der Waals surface area contributed by atoms with Gasteiger partial charge < -0.3 is 4.90 Å². The molecule has 98 valence electrons. The predicted molar refractivity (Wildman–Crippen MR) is 68.9 cm³/mol. The highest BCUT2D eigenvalue weighted by atomic mass is 79.9. The van der Waals surface area contributed by atoms with Gasteiger partial charge in [0.1, 0.15) is 12.0 Å². The molecule has 0 unspecified atom stereocenters. The molecule has 18 heavy (non-hydrogen) atoms. The maximum Gasteiger partial charge on any atom is 0.255 e. The summed E-state index contributed by atoms with van der Waals surface area (Å²) in [5.74, 6) is -0.516. The number of alkyl halides is 1. The maximum absolute atomic E-state index is 13.3. The molecule has 2 rings (SSSR count). The van der Waals surface area contributed by atoms with Crippen molar-refractivity contribution in [3.63, 3.8) is 0 Å². The highest BCUT2D eigenvalue weighted by Crippen LogP contribution is 2.24. The van der Waals surface area contributed by atoms with E-state index in [1.54, 1.807) is 11.8 Å². The fourth-order valence-corrected chi connectivity index (χ4v) is 2.53. The van der Waals surface area contributed by atoms with Gasteiger partial charge in [-0.25, -0.2) is 8.78 Å². The smallest absolute Gasteiger partial charge is 0.255 e. The lowest BCUT2D eigenvalue weighted by Gasteiger charge is -2.29. The fraction of sp³-hybridized carbons (Fsp3) is 0.462. The Bertz CT molecular complexity index is 470. The second kappa shape index (κ2) is 5.34. The first kappa shape index (κ1) is 13.5. The molecule has 2 nitrogen and oxygen atoms in total. The summed E-state index contributed by atoms with van der Waals surface area (Å²) in [4.78, 5) is 13.9. The molecule has 0 aliphatic carbocycles. The molecule has 1 amide bonds. The minimum Gasteiger partial charge on any atom is -0.338 e. The molecule has 1 aliphatic heterocycles. The number of piperidine rings is 1. The van der Waals surface area contributed by atoms with E-state index in [2.05, 4.69) is 15.9 Å². The van der Waals surface area contributed by atoms with Crippen molar-refractivity contribution in [2.45, 2.75) is 25.9 Å². The van der Waals surface area contributed by atoms with E-state index in [0.29, 0.717) is 41.5 Å². The first-order chi connectivity index (χ1) is 8.49. The first-order valence-corrected chi connectivity index (χ1v) is 6.67. The summed E-state index contributed by atoms with van der Waals surface area (Å²) >= 11 is 3.20. The Kier molecular flexibility index (Phi) is 4.00. The quantitative estimate of drug-likeness (QED) is 0.776. The lowest BCUT2D eigenvalue weighted by atomic mass is 10.1. The molecule has 1 heterocycles. The molecule has 1 fully saturated rings. The van der Waals surface area contributed by atoms with E-state index in [4.69, 9.17) is 0 Å². The van der Waals surface area contributed by atoms with Gasteiger partial charge in [0.25, 0.3) is 5.91 Å². The fourth-order valence-electron chi connectivity index (χ4n) is 2.04. The molecule has 1 aliphatic rings. The van der Waals surface area contributed by atoms with Crippen molar-refractivity contribution in [2.75, 3.05) is 13.1 Å². The van der Waals surface area contributed by atoms with Gasteiger partial charge in [-0.3, -0.25) is 4.79 Å². The number of rotatable bonds is 1. The highest BCUT2D eigenvalue weighted by molar-refractivity contribution is 9.10. The summed E-state index contributed by atoms with van der Waals surface area (Å²) in [5.41, 5.74) is 0.869. The molecular formula is C13H14BrF2NO. The predicted octanol–water partition coefficient (Wildman–Crippen LogP) is 3.47. The van der Waals surface area contributed by atoms with E-state index < -0.39 is 6.17 Å². The summed E-state index contributed by atoms with van der Waals surface area (Å²) in [6.45, 7) is 2.46. The maximum atomic E-state index is 13.3. The van der Waals surface area contributed by atoms with E-state index in [1.165, 1.54) is 12.1 Å². The van der Waals surface area contributed by atoms with Gasteiger partial charge in [0.2, 0.25) is 0 Å². The third-order valence-electron chi connectivity index (χ3n) is 3.19. The zero-order valence-corrected chi connectivity index (χ0v) is 11.6. The van der Waals surface area contributed by atoms with Gasteiger partial charge >= 0.3 is 0 Å². The number of amides is 1. The molecule has 0 bridgehead atoms. The minimum atomic E-state index is -0.813. The van der Waals surface area contributed by atoms with Crippen LogP contribution in [0.5, 0.6) is 0 Å². The van der Waals surface area contributed by atoms with Crippen molar-refractivity contribution in [1.82, 2.24) is 4.90 Å². The molecule has 0 saturated carbocycles. The number of carbonyl (C=O) groups excluding carboxylic acids is 1. The molecule has 1 aromatic carbocycles. The molecule has 1 saturated heterocycles. The van der Waals surface area contributed by atoms with E-state index in [0.717, 1.165) is 0 Å². The first-order valence-electron chi connectivity index (χ1n) is 5.88. The Morgan fingerprint density at radius 2 is 2.00 bits per heavy atom. The summed E-state index contributed by atoms with van der Waals surface area (Å²) in [7, 11) is 0. The zero-order chi connectivity index (χ0) is 13.3. The van der Waals surface area contributed by atoms with Gasteiger partial charge in [-0.05, 0) is 53.4 Å². The number of likely N-dealkylation sites (tertiary alicyclic amines) is 1. The Labute approximate surface area is 113 Å². The van der Waals surface area contributed by atoms with Gasteiger partial charge in [0.15, 0.2) is 0 Å². The summed E-state index contributed by atoms with van der Waals surface area (Å²) in [5, 5.41) is 0. The van der Waals surface area contributed by atoms with Crippen LogP contribution in [-0.4, -0.2) is 30.1 Å². The summed E-state index contributed by atoms with van der Waals surface area (Å²) in [6.07, 6.45) is -0.0555. The Morgan fingerprint density at radius 1 is 1.39 bits per heavy atom. The van der Waals surface area contributed by atoms with E-state index in [1.807, 2.05) is 0 Å². The van der Waals surface area contributed by atoms with Crippen molar-refractivity contribution in [1.29, 1.82) is 0 Å². The van der Waals surface area contributed by atoms with Crippen LogP contribution < -0.4 is 0 Å². The minimum absolute atomic E-state index is 0.170. The number of aryl methyl sites for hydroxylation is 1. The van der Waals surface area contributed by atoms with Gasteiger partial charge in [-0.1, -0.05) is 0 Å². The number of halogens is 3. The third kappa shape index (κ3) is 2.71. The standard InChI is InChI=1S/C13H14BrF2NO/c1-8-6-10(11(14)7-12(8)16)13(18)17-4-2-9(15)3-5-17/h6-7,9H,2-5H2,1H3. The average molecular weight is 318 g/mol. The highest BCUT2D eigenvalue weighted by Gasteiger charge is 2.24. The second-order valence-corrected chi connectivity index (χ2v) is 5.40. The average Bonchev–Trinajstić information content (AvgIpc) is 2.34. The van der Waals surface area contributed by atoms with E-state index in [9.17, 15) is 13.6 Å². The van der Waals surface area contributed by atoms with Gasteiger partial charge in [0.05, 0.1) is 5.56 Å².